The molecular weight excluding hydrogens is 314 g/mol. The minimum Gasteiger partial charge on any atom is -0.493 e. The van der Waals surface area contributed by atoms with Gasteiger partial charge in [0, 0.05) is 6.54 Å². The van der Waals surface area contributed by atoms with Gasteiger partial charge in [-0.15, -0.1) is 0 Å². The van der Waals surface area contributed by atoms with Crippen LogP contribution in [0.1, 0.15) is 5.56 Å². The Labute approximate surface area is 139 Å². The number of benzene rings is 1. The molecule has 4 atom stereocenters. The molecule has 7 nitrogen and oxygen atoms in total. The van der Waals surface area contributed by atoms with E-state index in [9.17, 15) is 14.7 Å². The van der Waals surface area contributed by atoms with Gasteiger partial charge in [0.25, 0.3) is 0 Å². The molecule has 1 amide bonds. The average molecular weight is 333 g/mol. The highest BCUT2D eigenvalue weighted by molar-refractivity contribution is 5.87. The Hall–Kier alpha value is -2.54. The van der Waals surface area contributed by atoms with Gasteiger partial charge in [0.2, 0.25) is 5.91 Å². The molecule has 2 aliphatic rings. The van der Waals surface area contributed by atoms with Crippen molar-refractivity contribution in [3.63, 3.8) is 0 Å². The Bertz CT molecular complexity index is 686. The molecule has 24 heavy (non-hydrogen) atoms. The van der Waals surface area contributed by atoms with Gasteiger partial charge in [-0.3, -0.25) is 9.59 Å². The first-order valence-corrected chi connectivity index (χ1v) is 7.60. The number of rotatable bonds is 6. The summed E-state index contributed by atoms with van der Waals surface area (Å²) in [5.41, 5.74) is 0.826. The van der Waals surface area contributed by atoms with Crippen molar-refractivity contribution >= 4 is 11.9 Å². The minimum atomic E-state index is -1.02. The summed E-state index contributed by atoms with van der Waals surface area (Å²) in [4.78, 5) is 23.9. The maximum absolute atomic E-state index is 12.5. The number of fused-ring (bicyclic) bond motifs is 2. The summed E-state index contributed by atoms with van der Waals surface area (Å²) >= 11 is 0. The molecule has 3 rings (SSSR count). The highest BCUT2D eigenvalue weighted by Crippen LogP contribution is 2.39. The average Bonchev–Trinajstić information content (AvgIpc) is 3.20. The summed E-state index contributed by atoms with van der Waals surface area (Å²) in [5, 5.41) is 12.1. The molecule has 1 saturated heterocycles. The predicted molar refractivity (Wildman–Crippen MR) is 83.8 cm³/mol. The predicted octanol–water partition coefficient (Wildman–Crippen LogP) is 0.974. The van der Waals surface area contributed by atoms with Crippen molar-refractivity contribution in [2.45, 2.75) is 18.8 Å². The molecule has 1 aromatic carbocycles. The molecule has 2 N–H and O–H groups in total. The van der Waals surface area contributed by atoms with Gasteiger partial charge < -0.3 is 24.6 Å². The number of methoxy groups -OCH3 is 2. The van der Waals surface area contributed by atoms with Gasteiger partial charge in [-0.2, -0.15) is 0 Å². The van der Waals surface area contributed by atoms with Crippen LogP contribution in [-0.4, -0.2) is 43.4 Å². The molecule has 0 unspecified atom stereocenters. The maximum atomic E-state index is 12.5. The van der Waals surface area contributed by atoms with E-state index in [0.29, 0.717) is 11.5 Å². The molecule has 0 aliphatic carbocycles. The highest BCUT2D eigenvalue weighted by atomic mass is 16.5. The van der Waals surface area contributed by atoms with Gasteiger partial charge in [-0.1, -0.05) is 18.2 Å². The van der Waals surface area contributed by atoms with Crippen LogP contribution < -0.4 is 14.8 Å². The van der Waals surface area contributed by atoms with E-state index >= 15 is 0 Å². The van der Waals surface area contributed by atoms with Crippen LogP contribution in [0.4, 0.5) is 0 Å². The van der Waals surface area contributed by atoms with Gasteiger partial charge >= 0.3 is 5.97 Å². The van der Waals surface area contributed by atoms with E-state index in [1.807, 2.05) is 6.07 Å². The summed E-state index contributed by atoms with van der Waals surface area (Å²) in [7, 11) is 3.09. The smallest absolute Gasteiger partial charge is 0.310 e. The molecule has 2 bridgehead atoms. The van der Waals surface area contributed by atoms with Crippen molar-refractivity contribution in [2.75, 3.05) is 14.2 Å². The third-order valence-electron chi connectivity index (χ3n) is 4.40. The van der Waals surface area contributed by atoms with Crippen LogP contribution in [0.5, 0.6) is 11.5 Å². The minimum absolute atomic E-state index is 0.267. The fourth-order valence-electron chi connectivity index (χ4n) is 3.21. The molecule has 7 heteroatoms. The molecule has 128 valence electrons. The van der Waals surface area contributed by atoms with Crippen molar-refractivity contribution in [3.8, 4) is 11.5 Å². The van der Waals surface area contributed by atoms with Gasteiger partial charge in [-0.05, 0) is 17.7 Å². The van der Waals surface area contributed by atoms with E-state index in [2.05, 4.69) is 5.32 Å². The van der Waals surface area contributed by atoms with E-state index in [1.165, 1.54) is 7.11 Å². The number of aliphatic carboxylic acids is 1. The summed E-state index contributed by atoms with van der Waals surface area (Å²) < 4.78 is 15.9. The summed E-state index contributed by atoms with van der Waals surface area (Å²) in [5.74, 6) is -1.72. The first-order valence-electron chi connectivity index (χ1n) is 7.60. The van der Waals surface area contributed by atoms with Crippen molar-refractivity contribution in [1.29, 1.82) is 0 Å². The monoisotopic (exact) mass is 333 g/mol. The summed E-state index contributed by atoms with van der Waals surface area (Å²) in [6.07, 6.45) is 2.47. The summed E-state index contributed by atoms with van der Waals surface area (Å²) in [6, 6.07) is 5.34. The number of hydrogen-bond donors (Lipinski definition) is 2. The number of carboxylic acids is 1. The van der Waals surface area contributed by atoms with Crippen molar-refractivity contribution in [2.24, 2.45) is 11.8 Å². The molecule has 0 radical (unpaired) electrons. The molecular formula is C17H19NO6. The standard InChI is InChI=1S/C17H19NO6/c1-22-10-4-3-9(7-13(10)23-2)8-18-16(19)14-11-5-6-12(24-11)15(14)17(20)21/h3-7,11-12,14-15H,8H2,1-2H3,(H,18,19)(H,20,21)/t11-,12-,14-,15+/m1/s1. The fraction of sp³-hybridized carbons (Fsp3) is 0.412. The number of carbonyl (C=O) groups excluding carboxylic acids is 1. The number of hydrogen-bond acceptors (Lipinski definition) is 5. The van der Waals surface area contributed by atoms with E-state index in [1.54, 1.807) is 31.4 Å². The van der Waals surface area contributed by atoms with E-state index in [-0.39, 0.29) is 12.5 Å². The van der Waals surface area contributed by atoms with E-state index < -0.39 is 30.0 Å². The second-order valence-electron chi connectivity index (χ2n) is 5.75. The van der Waals surface area contributed by atoms with Crippen LogP contribution in [0, 0.1) is 11.8 Å². The number of carboxylic acid groups (broad SMARTS) is 1. The largest absolute Gasteiger partial charge is 0.493 e. The quantitative estimate of drug-likeness (QED) is 0.754. The van der Waals surface area contributed by atoms with Gasteiger partial charge in [0.15, 0.2) is 11.5 Å². The number of nitrogens with one attached hydrogen (secondary N) is 1. The van der Waals surface area contributed by atoms with Gasteiger partial charge in [0.05, 0.1) is 32.3 Å². The lowest BCUT2D eigenvalue weighted by Gasteiger charge is -2.21. The lowest BCUT2D eigenvalue weighted by atomic mass is 9.82. The first-order chi connectivity index (χ1) is 11.5. The zero-order valence-corrected chi connectivity index (χ0v) is 13.4. The van der Waals surface area contributed by atoms with Crippen molar-refractivity contribution < 1.29 is 28.9 Å². The lowest BCUT2D eigenvalue weighted by molar-refractivity contribution is -0.146. The van der Waals surface area contributed by atoms with E-state index in [0.717, 1.165) is 5.56 Å². The highest BCUT2D eigenvalue weighted by Gasteiger charge is 2.53. The van der Waals surface area contributed by atoms with Crippen molar-refractivity contribution in [1.82, 2.24) is 5.32 Å². The molecule has 2 heterocycles. The van der Waals surface area contributed by atoms with Crippen LogP contribution in [0.15, 0.2) is 30.4 Å². The van der Waals surface area contributed by atoms with Crippen LogP contribution in [0.2, 0.25) is 0 Å². The second kappa shape index (κ2) is 6.52. The number of amides is 1. The van der Waals surface area contributed by atoms with Crippen LogP contribution in [0.25, 0.3) is 0 Å². The van der Waals surface area contributed by atoms with Crippen LogP contribution >= 0.6 is 0 Å². The zero-order valence-electron chi connectivity index (χ0n) is 13.4. The third kappa shape index (κ3) is 2.82. The van der Waals surface area contributed by atoms with Gasteiger partial charge in [-0.25, -0.2) is 0 Å². The molecule has 0 aromatic heterocycles. The van der Waals surface area contributed by atoms with Crippen LogP contribution in [-0.2, 0) is 20.9 Å². The topological polar surface area (TPSA) is 94.1 Å². The van der Waals surface area contributed by atoms with Crippen LogP contribution in [0.3, 0.4) is 0 Å². The Morgan fingerprint density at radius 1 is 1.12 bits per heavy atom. The molecule has 1 fully saturated rings. The Morgan fingerprint density at radius 3 is 2.42 bits per heavy atom. The Morgan fingerprint density at radius 2 is 1.79 bits per heavy atom. The fourth-order valence-corrected chi connectivity index (χ4v) is 3.21. The zero-order chi connectivity index (χ0) is 17.3. The van der Waals surface area contributed by atoms with E-state index in [4.69, 9.17) is 14.2 Å². The molecule has 0 saturated carbocycles. The van der Waals surface area contributed by atoms with Crippen molar-refractivity contribution in [3.05, 3.63) is 35.9 Å². The molecule has 1 aromatic rings. The maximum Gasteiger partial charge on any atom is 0.310 e. The molecule has 0 spiro atoms. The molecule has 2 aliphatic heterocycles. The SMILES string of the molecule is COc1ccc(CNC(=O)[C@H]2[C@@H](C(=O)O)[C@H]3C=C[C@H]2O3)cc1OC. The Kier molecular flexibility index (Phi) is 4.44. The lowest BCUT2D eigenvalue weighted by Crippen LogP contribution is -2.42. The number of carbonyl (C=O) groups is 2. The second-order valence-corrected chi connectivity index (χ2v) is 5.75. The number of ether oxygens (including phenoxy) is 3. The Balaban J connectivity index is 1.67. The third-order valence-corrected chi connectivity index (χ3v) is 4.40. The first kappa shape index (κ1) is 16.3. The van der Waals surface area contributed by atoms with Gasteiger partial charge in [0.1, 0.15) is 5.92 Å². The normalized spacial score (nSPS) is 27.1. The summed E-state index contributed by atoms with van der Waals surface area (Å²) in [6.45, 7) is 0.267.